The molecule has 0 bridgehead atoms. The number of nitrogen functional groups attached to an aromatic ring is 1. The molecular formula is C12H15F2N. The van der Waals surface area contributed by atoms with Gasteiger partial charge in [-0.1, -0.05) is 24.6 Å². The molecule has 1 aromatic carbocycles. The fraction of sp³-hybridized carbons (Fsp3) is 0.500. The van der Waals surface area contributed by atoms with Crippen molar-refractivity contribution in [1.82, 2.24) is 0 Å². The second kappa shape index (κ2) is 3.19. The minimum Gasteiger partial charge on any atom is -0.398 e. The van der Waals surface area contributed by atoms with Crippen LogP contribution in [0.5, 0.6) is 0 Å². The van der Waals surface area contributed by atoms with Crippen molar-refractivity contribution in [3.63, 3.8) is 0 Å². The highest BCUT2D eigenvalue weighted by atomic mass is 19.3. The first-order valence-electron chi connectivity index (χ1n) is 5.20. The van der Waals surface area contributed by atoms with Crippen LogP contribution in [0, 0.1) is 0 Å². The Balaban J connectivity index is 2.48. The van der Waals surface area contributed by atoms with E-state index in [1.54, 1.807) is 24.3 Å². The Morgan fingerprint density at radius 3 is 2.27 bits per heavy atom. The molecule has 3 heteroatoms. The van der Waals surface area contributed by atoms with Crippen LogP contribution in [-0.2, 0) is 5.41 Å². The topological polar surface area (TPSA) is 26.0 Å². The summed E-state index contributed by atoms with van der Waals surface area (Å²) in [7, 11) is 0. The third-order valence-corrected chi connectivity index (χ3v) is 3.52. The molecule has 0 spiro atoms. The predicted molar refractivity (Wildman–Crippen MR) is 57.0 cm³/mol. The predicted octanol–water partition coefficient (Wildman–Crippen LogP) is 3.35. The van der Waals surface area contributed by atoms with Crippen LogP contribution in [0.4, 0.5) is 14.5 Å². The highest BCUT2D eigenvalue weighted by Gasteiger charge is 2.55. The lowest BCUT2D eigenvalue weighted by atomic mass is 9.60. The summed E-state index contributed by atoms with van der Waals surface area (Å²) in [6, 6.07) is 6.98. The summed E-state index contributed by atoms with van der Waals surface area (Å²) in [5, 5.41) is 0. The van der Waals surface area contributed by atoms with Crippen LogP contribution in [-0.4, -0.2) is 5.92 Å². The molecule has 1 aliphatic carbocycles. The molecule has 2 rings (SSSR count). The highest BCUT2D eigenvalue weighted by molar-refractivity contribution is 5.52. The molecule has 15 heavy (non-hydrogen) atoms. The molecule has 0 heterocycles. The minimum absolute atomic E-state index is 0.485. The molecule has 2 N–H and O–H groups in total. The number of hydrogen-bond acceptors (Lipinski definition) is 1. The Kier molecular flexibility index (Phi) is 2.21. The Labute approximate surface area is 88.3 Å². The summed E-state index contributed by atoms with van der Waals surface area (Å²) in [5.41, 5.74) is 5.86. The lowest BCUT2D eigenvalue weighted by Crippen LogP contribution is -2.49. The number of hydrogen-bond donors (Lipinski definition) is 1. The van der Waals surface area contributed by atoms with Gasteiger partial charge < -0.3 is 5.73 Å². The van der Waals surface area contributed by atoms with Crippen LogP contribution in [0.15, 0.2) is 24.3 Å². The molecule has 82 valence electrons. The van der Waals surface area contributed by atoms with Crippen molar-refractivity contribution in [3.05, 3.63) is 29.8 Å². The van der Waals surface area contributed by atoms with Crippen molar-refractivity contribution in [2.24, 2.45) is 0 Å². The number of benzene rings is 1. The van der Waals surface area contributed by atoms with Crippen molar-refractivity contribution in [1.29, 1.82) is 0 Å². The van der Waals surface area contributed by atoms with Gasteiger partial charge in [0, 0.05) is 12.6 Å². The molecule has 0 saturated heterocycles. The molecule has 0 radical (unpaired) electrons. The molecule has 1 nitrogen and oxygen atoms in total. The minimum atomic E-state index is -2.69. The average molecular weight is 211 g/mol. The number of nitrogens with two attached hydrogens (primary N) is 1. The molecule has 1 aromatic rings. The normalized spacial score (nSPS) is 19.7. The van der Waals surface area contributed by atoms with E-state index in [9.17, 15) is 8.78 Å². The van der Waals surface area contributed by atoms with Gasteiger partial charge in [-0.3, -0.25) is 0 Å². The maximum absolute atomic E-state index is 13.6. The number of anilines is 1. The first-order chi connectivity index (χ1) is 6.97. The first-order valence-corrected chi connectivity index (χ1v) is 5.20. The second-order valence-corrected chi connectivity index (χ2v) is 4.41. The van der Waals surface area contributed by atoms with E-state index >= 15 is 0 Å². The van der Waals surface area contributed by atoms with E-state index in [4.69, 9.17) is 5.73 Å². The van der Waals surface area contributed by atoms with Gasteiger partial charge in [0.2, 0.25) is 0 Å². The highest BCUT2D eigenvalue weighted by Crippen LogP contribution is 2.54. The number of alkyl halides is 2. The molecule has 0 amide bonds. The van der Waals surface area contributed by atoms with E-state index in [1.165, 1.54) is 0 Å². The van der Waals surface area contributed by atoms with Crippen molar-refractivity contribution in [2.45, 2.75) is 37.5 Å². The molecule has 1 saturated carbocycles. The van der Waals surface area contributed by atoms with Crippen LogP contribution in [0.2, 0.25) is 0 Å². The molecule has 0 aliphatic heterocycles. The summed E-state index contributed by atoms with van der Waals surface area (Å²) in [6.07, 6.45) is 1.92. The van der Waals surface area contributed by atoms with Gasteiger partial charge in [-0.15, -0.1) is 0 Å². The third kappa shape index (κ3) is 1.41. The van der Waals surface area contributed by atoms with Gasteiger partial charge in [0.05, 0.1) is 5.41 Å². The van der Waals surface area contributed by atoms with Crippen molar-refractivity contribution in [2.75, 3.05) is 5.73 Å². The molecule has 0 unspecified atom stereocenters. The standard InChI is InChI=1S/C12H15F2N/c1-11(13,14)12(7-4-8-12)9-5-2-3-6-10(9)15/h2-3,5-6H,4,7-8,15H2,1H3. The maximum Gasteiger partial charge on any atom is 0.254 e. The van der Waals surface area contributed by atoms with Gasteiger partial charge in [0.15, 0.2) is 0 Å². The quantitative estimate of drug-likeness (QED) is 0.746. The Morgan fingerprint density at radius 1 is 1.27 bits per heavy atom. The van der Waals surface area contributed by atoms with E-state index < -0.39 is 11.3 Å². The zero-order valence-electron chi connectivity index (χ0n) is 8.76. The molecule has 0 atom stereocenters. The first kappa shape index (κ1) is 10.4. The van der Waals surface area contributed by atoms with Gasteiger partial charge in [-0.2, -0.15) is 0 Å². The Bertz CT molecular complexity index is 364. The Hall–Kier alpha value is -1.12. The summed E-state index contributed by atoms with van der Waals surface area (Å²) >= 11 is 0. The van der Waals surface area contributed by atoms with E-state index in [-0.39, 0.29) is 0 Å². The summed E-state index contributed by atoms with van der Waals surface area (Å²) < 4.78 is 27.3. The fourth-order valence-electron chi connectivity index (χ4n) is 2.41. The maximum atomic E-state index is 13.6. The van der Waals surface area contributed by atoms with Crippen LogP contribution in [0.3, 0.4) is 0 Å². The smallest absolute Gasteiger partial charge is 0.254 e. The summed E-state index contributed by atoms with van der Waals surface area (Å²) in [6.45, 7) is 0.999. The van der Waals surface area contributed by atoms with Gasteiger partial charge in [0.1, 0.15) is 0 Å². The van der Waals surface area contributed by atoms with Gasteiger partial charge >= 0.3 is 0 Å². The van der Waals surface area contributed by atoms with Crippen LogP contribution >= 0.6 is 0 Å². The van der Waals surface area contributed by atoms with E-state index in [1.807, 2.05) is 0 Å². The van der Waals surface area contributed by atoms with Gasteiger partial charge in [0.25, 0.3) is 5.92 Å². The SMILES string of the molecule is CC(F)(F)C1(c2ccccc2N)CCC1. The van der Waals surface area contributed by atoms with E-state index in [0.717, 1.165) is 13.3 Å². The molecule has 1 fully saturated rings. The number of halogens is 2. The monoisotopic (exact) mass is 211 g/mol. The lowest BCUT2D eigenvalue weighted by molar-refractivity contribution is -0.0966. The fourth-order valence-corrected chi connectivity index (χ4v) is 2.41. The Morgan fingerprint density at radius 2 is 1.87 bits per heavy atom. The largest absolute Gasteiger partial charge is 0.398 e. The van der Waals surface area contributed by atoms with Crippen molar-refractivity contribution >= 4 is 5.69 Å². The van der Waals surface area contributed by atoms with E-state index in [2.05, 4.69) is 0 Å². The van der Waals surface area contributed by atoms with Crippen LogP contribution < -0.4 is 5.73 Å². The zero-order valence-corrected chi connectivity index (χ0v) is 8.76. The average Bonchev–Trinajstić information content (AvgIpc) is 2.03. The molecule has 0 aromatic heterocycles. The van der Waals surface area contributed by atoms with E-state index in [0.29, 0.717) is 24.1 Å². The second-order valence-electron chi connectivity index (χ2n) is 4.41. The number of rotatable bonds is 2. The lowest BCUT2D eigenvalue weighted by Gasteiger charge is -2.46. The number of para-hydroxylation sites is 1. The van der Waals surface area contributed by atoms with Crippen LogP contribution in [0.1, 0.15) is 31.7 Å². The van der Waals surface area contributed by atoms with Crippen molar-refractivity contribution in [3.8, 4) is 0 Å². The zero-order chi connectivity index (χ0) is 11.1. The van der Waals surface area contributed by atoms with Gasteiger partial charge in [-0.05, 0) is 24.5 Å². The third-order valence-electron chi connectivity index (χ3n) is 3.52. The van der Waals surface area contributed by atoms with Gasteiger partial charge in [-0.25, -0.2) is 8.78 Å². The van der Waals surface area contributed by atoms with Crippen LogP contribution in [0.25, 0.3) is 0 Å². The summed E-state index contributed by atoms with van der Waals surface area (Å²) in [5.74, 6) is -2.69. The summed E-state index contributed by atoms with van der Waals surface area (Å²) in [4.78, 5) is 0. The molecular weight excluding hydrogens is 196 g/mol. The molecule has 1 aliphatic rings. The van der Waals surface area contributed by atoms with Crippen molar-refractivity contribution < 1.29 is 8.78 Å².